The molecule has 0 saturated carbocycles. The van der Waals surface area contributed by atoms with Crippen molar-refractivity contribution in [2.24, 2.45) is 0 Å². The highest BCUT2D eigenvalue weighted by Crippen LogP contribution is 2.35. The van der Waals surface area contributed by atoms with Gasteiger partial charge in [-0.05, 0) is 43.7 Å². The number of hydrogen-bond acceptors (Lipinski definition) is 6. The average molecular weight is 487 g/mol. The topological polar surface area (TPSA) is 124 Å². The fraction of sp³-hybridized carbons (Fsp3) is 0.417. The molecular formula is C24H30N4O5S. The molecule has 2 atom stereocenters. The predicted octanol–water partition coefficient (Wildman–Crippen LogP) is 1.28. The number of amides is 2. The maximum Gasteiger partial charge on any atom is 0.256 e. The van der Waals surface area contributed by atoms with Crippen LogP contribution in [0.3, 0.4) is 0 Å². The number of carbonyl (C=O) groups excluding carboxylic acids is 2. The molecule has 2 aliphatic rings. The second kappa shape index (κ2) is 10.2. The standard InChI is InChI=1S/C24H30N4O5S/c1-14-21(11-19-18-10-17(34(3)32)4-5-20(18)27-23(19)30)26-15(2)22(14)24(31)25-12-16(29)13-28-6-8-33-9-7-28/h4-5,10-11,16,26,29H,6-9,12-13H2,1-3H3,(H,25,31)(H,27,30). The average Bonchev–Trinajstić information content (AvgIpc) is 3.27. The number of aromatic nitrogens is 1. The van der Waals surface area contributed by atoms with E-state index in [9.17, 15) is 18.9 Å². The third kappa shape index (κ3) is 5.15. The summed E-state index contributed by atoms with van der Waals surface area (Å²) in [5.41, 5.74) is 4.32. The van der Waals surface area contributed by atoms with E-state index in [1.165, 1.54) is 0 Å². The fourth-order valence-corrected chi connectivity index (χ4v) is 4.88. The SMILES string of the molecule is Cc1[nH]c(C=C2C(=O)Nc3ccc(S(C)=O)cc32)c(C)c1C(=O)NCC(O)CN1CCOCC1. The van der Waals surface area contributed by atoms with Crippen LogP contribution in [0.25, 0.3) is 11.6 Å². The molecule has 1 fully saturated rings. The number of fused-ring (bicyclic) bond motifs is 1. The Balaban J connectivity index is 1.50. The Kier molecular flexibility index (Phi) is 7.32. The number of hydrogen-bond donors (Lipinski definition) is 4. The number of β-amino-alcohol motifs (C(OH)–C–C–N with tert-alkyl or cyclic N) is 1. The molecule has 1 saturated heterocycles. The largest absolute Gasteiger partial charge is 0.390 e. The second-order valence-electron chi connectivity index (χ2n) is 8.61. The maximum atomic E-state index is 12.9. The van der Waals surface area contributed by atoms with Gasteiger partial charge in [-0.2, -0.15) is 0 Å². The van der Waals surface area contributed by atoms with Crippen LogP contribution in [0, 0.1) is 13.8 Å². The van der Waals surface area contributed by atoms with Crippen LogP contribution in [0.2, 0.25) is 0 Å². The molecule has 2 aliphatic heterocycles. The molecule has 182 valence electrons. The minimum Gasteiger partial charge on any atom is -0.390 e. The van der Waals surface area contributed by atoms with E-state index >= 15 is 0 Å². The van der Waals surface area contributed by atoms with Crippen molar-refractivity contribution in [3.05, 3.63) is 46.3 Å². The Morgan fingerprint density at radius 1 is 1.32 bits per heavy atom. The van der Waals surface area contributed by atoms with E-state index in [0.29, 0.717) is 64.0 Å². The lowest BCUT2D eigenvalue weighted by Gasteiger charge is -2.28. The lowest BCUT2D eigenvalue weighted by Crippen LogP contribution is -2.44. The number of nitrogens with zero attached hydrogens (tertiary/aromatic N) is 1. The third-order valence-corrected chi connectivity index (χ3v) is 7.09. The zero-order valence-corrected chi connectivity index (χ0v) is 20.4. The van der Waals surface area contributed by atoms with Gasteiger partial charge < -0.3 is 25.5 Å². The summed E-state index contributed by atoms with van der Waals surface area (Å²) in [4.78, 5) is 31.5. The smallest absolute Gasteiger partial charge is 0.256 e. The summed E-state index contributed by atoms with van der Waals surface area (Å²) in [6, 6.07) is 5.24. The number of benzene rings is 1. The van der Waals surface area contributed by atoms with Crippen molar-refractivity contribution < 1.29 is 23.6 Å². The molecule has 3 heterocycles. The molecule has 4 rings (SSSR count). The van der Waals surface area contributed by atoms with Crippen LogP contribution < -0.4 is 10.6 Å². The second-order valence-corrected chi connectivity index (χ2v) is 9.99. The number of aryl methyl sites for hydroxylation is 1. The van der Waals surface area contributed by atoms with Gasteiger partial charge in [0.1, 0.15) is 0 Å². The first-order chi connectivity index (χ1) is 16.2. The number of carbonyl (C=O) groups is 2. The summed E-state index contributed by atoms with van der Waals surface area (Å²) in [7, 11) is -1.17. The minimum absolute atomic E-state index is 0.142. The van der Waals surface area contributed by atoms with Crippen molar-refractivity contribution in [2.75, 3.05) is 51.0 Å². The van der Waals surface area contributed by atoms with Crippen LogP contribution in [-0.4, -0.2) is 82.8 Å². The Bertz CT molecular complexity index is 1170. The highest BCUT2D eigenvalue weighted by Gasteiger charge is 2.26. The van der Waals surface area contributed by atoms with E-state index in [1.54, 1.807) is 37.5 Å². The Hall–Kier alpha value is -2.79. The van der Waals surface area contributed by atoms with Gasteiger partial charge in [-0.3, -0.25) is 18.7 Å². The van der Waals surface area contributed by atoms with Gasteiger partial charge in [0.2, 0.25) is 0 Å². The molecule has 10 heteroatoms. The monoisotopic (exact) mass is 486 g/mol. The van der Waals surface area contributed by atoms with Crippen molar-refractivity contribution in [3.8, 4) is 0 Å². The van der Waals surface area contributed by atoms with Crippen LogP contribution in [0.1, 0.15) is 32.9 Å². The predicted molar refractivity (Wildman–Crippen MR) is 131 cm³/mol. The first-order valence-corrected chi connectivity index (χ1v) is 12.8. The molecule has 0 aliphatic carbocycles. The van der Waals surface area contributed by atoms with Crippen LogP contribution >= 0.6 is 0 Å². The van der Waals surface area contributed by atoms with E-state index in [1.807, 2.05) is 6.92 Å². The van der Waals surface area contributed by atoms with Crippen LogP contribution in [-0.2, 0) is 20.3 Å². The van der Waals surface area contributed by atoms with Crippen molar-refractivity contribution in [1.82, 2.24) is 15.2 Å². The normalized spacial score (nSPS) is 19.1. The molecule has 2 aromatic rings. The zero-order chi connectivity index (χ0) is 24.4. The number of H-pyrrole nitrogens is 1. The minimum atomic E-state index is -1.17. The number of aromatic amines is 1. The van der Waals surface area contributed by atoms with E-state index in [2.05, 4.69) is 20.5 Å². The van der Waals surface area contributed by atoms with Crippen molar-refractivity contribution in [3.63, 3.8) is 0 Å². The molecule has 0 radical (unpaired) electrons. The Morgan fingerprint density at radius 2 is 2.06 bits per heavy atom. The van der Waals surface area contributed by atoms with Gasteiger partial charge >= 0.3 is 0 Å². The molecule has 2 unspecified atom stereocenters. The fourth-order valence-electron chi connectivity index (χ4n) is 4.34. The van der Waals surface area contributed by atoms with Gasteiger partial charge in [0.15, 0.2) is 0 Å². The summed E-state index contributed by atoms with van der Waals surface area (Å²) in [6.07, 6.45) is 2.63. The first-order valence-electron chi connectivity index (χ1n) is 11.2. The number of aliphatic hydroxyl groups excluding tert-OH is 1. The Morgan fingerprint density at radius 3 is 2.76 bits per heavy atom. The highest BCUT2D eigenvalue weighted by molar-refractivity contribution is 7.84. The maximum absolute atomic E-state index is 12.9. The van der Waals surface area contributed by atoms with Crippen molar-refractivity contribution >= 4 is 40.0 Å². The van der Waals surface area contributed by atoms with Gasteiger partial charge in [-0.25, -0.2) is 0 Å². The molecule has 0 bridgehead atoms. The van der Waals surface area contributed by atoms with E-state index in [4.69, 9.17) is 4.74 Å². The van der Waals surface area contributed by atoms with Crippen molar-refractivity contribution in [2.45, 2.75) is 24.8 Å². The summed E-state index contributed by atoms with van der Waals surface area (Å²) >= 11 is 0. The van der Waals surface area contributed by atoms with E-state index in [0.717, 1.165) is 13.1 Å². The Labute approximate surface area is 201 Å². The molecule has 1 aromatic heterocycles. The highest BCUT2D eigenvalue weighted by atomic mass is 32.2. The lowest BCUT2D eigenvalue weighted by atomic mass is 10.0. The summed E-state index contributed by atoms with van der Waals surface area (Å²) in [5.74, 6) is -0.533. The number of morpholine rings is 1. The lowest BCUT2D eigenvalue weighted by molar-refractivity contribution is -0.110. The summed E-state index contributed by atoms with van der Waals surface area (Å²) in [5, 5.41) is 16.0. The molecule has 9 nitrogen and oxygen atoms in total. The first kappa shape index (κ1) is 24.3. The van der Waals surface area contributed by atoms with Gasteiger partial charge in [0.05, 0.1) is 30.5 Å². The molecular weight excluding hydrogens is 456 g/mol. The van der Waals surface area contributed by atoms with Crippen molar-refractivity contribution in [1.29, 1.82) is 0 Å². The molecule has 0 spiro atoms. The van der Waals surface area contributed by atoms with E-state index in [-0.39, 0.29) is 18.4 Å². The van der Waals surface area contributed by atoms with Gasteiger partial charge in [-0.15, -0.1) is 0 Å². The van der Waals surface area contributed by atoms with E-state index < -0.39 is 16.9 Å². The third-order valence-electron chi connectivity index (χ3n) is 6.17. The summed E-state index contributed by atoms with van der Waals surface area (Å²) in [6.45, 7) is 7.08. The van der Waals surface area contributed by atoms with Gasteiger partial charge in [0, 0.05) is 70.8 Å². The zero-order valence-electron chi connectivity index (χ0n) is 19.6. The van der Waals surface area contributed by atoms with Gasteiger partial charge in [-0.1, -0.05) is 0 Å². The number of anilines is 1. The van der Waals surface area contributed by atoms with Crippen LogP contribution in [0.4, 0.5) is 5.69 Å². The molecule has 4 N–H and O–H groups in total. The molecule has 1 aromatic carbocycles. The number of ether oxygens (including phenoxy) is 1. The number of rotatable bonds is 7. The van der Waals surface area contributed by atoms with Crippen LogP contribution in [0.15, 0.2) is 23.1 Å². The number of aliphatic hydroxyl groups is 1. The van der Waals surface area contributed by atoms with Crippen LogP contribution in [0.5, 0.6) is 0 Å². The summed E-state index contributed by atoms with van der Waals surface area (Å²) < 4.78 is 17.2. The molecule has 34 heavy (non-hydrogen) atoms. The molecule has 2 amide bonds. The number of nitrogens with one attached hydrogen (secondary N) is 3. The van der Waals surface area contributed by atoms with Gasteiger partial charge in [0.25, 0.3) is 11.8 Å². The quantitative estimate of drug-likeness (QED) is 0.437.